The number of aryl methyl sites for hydroxylation is 1. The van der Waals surface area contributed by atoms with E-state index in [1.54, 1.807) is 0 Å². The molecule has 170 valence electrons. The van der Waals surface area contributed by atoms with Crippen LogP contribution in [0, 0.1) is 0 Å². The number of nitrogens with one attached hydrogen (secondary N) is 2. The quantitative estimate of drug-likeness (QED) is 0.707. The van der Waals surface area contributed by atoms with Crippen molar-refractivity contribution in [3.63, 3.8) is 0 Å². The number of aromatic nitrogens is 1. The highest BCUT2D eigenvalue weighted by Gasteiger charge is 2.29. The van der Waals surface area contributed by atoms with E-state index in [-0.39, 0.29) is 27.7 Å². The highest BCUT2D eigenvalue weighted by Crippen LogP contribution is 2.31. The highest BCUT2D eigenvalue weighted by molar-refractivity contribution is 7.89. The molecule has 9 nitrogen and oxygen atoms in total. The second-order valence-electron chi connectivity index (χ2n) is 7.97. The number of fused-ring (bicyclic) bond motifs is 1. The van der Waals surface area contributed by atoms with Gasteiger partial charge in [-0.2, -0.15) is 4.31 Å². The summed E-state index contributed by atoms with van der Waals surface area (Å²) >= 11 is 0. The standard InChI is InChI=1S/C22H25N3O6S/c1-31-19-9-8-14(12-20(19)32(29,30)25-10-3-2-4-11-25)23-21(27)16-13-15-17(24-22(16)28)6-5-7-18(15)26/h8-9,12-13H,2-7,10-11H2,1H3,(H,23,27)(H,24,28). The Kier molecular flexibility index (Phi) is 6.16. The highest BCUT2D eigenvalue weighted by atomic mass is 32.2. The smallest absolute Gasteiger partial charge is 0.261 e. The van der Waals surface area contributed by atoms with Crippen LogP contribution < -0.4 is 15.6 Å². The number of anilines is 1. The maximum atomic E-state index is 13.2. The number of sulfonamides is 1. The lowest BCUT2D eigenvalue weighted by Crippen LogP contribution is -2.35. The largest absolute Gasteiger partial charge is 0.495 e. The Morgan fingerprint density at radius 1 is 1.06 bits per heavy atom. The Morgan fingerprint density at radius 2 is 1.81 bits per heavy atom. The molecule has 2 N–H and O–H groups in total. The number of ketones is 1. The van der Waals surface area contributed by atoms with E-state index in [1.165, 1.54) is 35.7 Å². The van der Waals surface area contributed by atoms with Crippen LogP contribution in [-0.2, 0) is 16.4 Å². The van der Waals surface area contributed by atoms with E-state index < -0.39 is 21.5 Å². The first-order chi connectivity index (χ1) is 15.3. The van der Waals surface area contributed by atoms with E-state index in [2.05, 4.69) is 10.3 Å². The van der Waals surface area contributed by atoms with Crippen molar-refractivity contribution < 1.29 is 22.7 Å². The van der Waals surface area contributed by atoms with Gasteiger partial charge in [-0.3, -0.25) is 14.4 Å². The minimum absolute atomic E-state index is 0.0470. The second kappa shape index (κ2) is 8.87. The van der Waals surface area contributed by atoms with Gasteiger partial charge in [0, 0.05) is 36.5 Å². The van der Waals surface area contributed by atoms with Gasteiger partial charge in [-0.15, -0.1) is 0 Å². The van der Waals surface area contributed by atoms with Gasteiger partial charge in [0.15, 0.2) is 5.78 Å². The first-order valence-electron chi connectivity index (χ1n) is 10.6. The van der Waals surface area contributed by atoms with E-state index in [0.29, 0.717) is 43.6 Å². The molecule has 0 spiro atoms. The molecule has 2 aliphatic rings. The van der Waals surface area contributed by atoms with Gasteiger partial charge in [0.25, 0.3) is 11.5 Å². The number of carbonyl (C=O) groups is 2. The fourth-order valence-corrected chi connectivity index (χ4v) is 5.84. The topological polar surface area (TPSA) is 126 Å². The van der Waals surface area contributed by atoms with Crippen LogP contribution in [0.3, 0.4) is 0 Å². The zero-order valence-electron chi connectivity index (χ0n) is 17.8. The normalized spacial score (nSPS) is 17.0. The maximum Gasteiger partial charge on any atom is 0.261 e. The molecule has 0 radical (unpaired) electrons. The number of H-pyrrole nitrogens is 1. The van der Waals surface area contributed by atoms with Crippen molar-refractivity contribution >= 4 is 27.4 Å². The number of methoxy groups -OCH3 is 1. The van der Waals surface area contributed by atoms with Crippen LogP contribution in [0.25, 0.3) is 0 Å². The van der Waals surface area contributed by atoms with Crippen LogP contribution in [0.1, 0.15) is 58.5 Å². The van der Waals surface area contributed by atoms with E-state index in [9.17, 15) is 22.8 Å². The lowest BCUT2D eigenvalue weighted by Gasteiger charge is -2.26. The number of benzene rings is 1. The minimum atomic E-state index is -3.81. The summed E-state index contributed by atoms with van der Waals surface area (Å²) in [5, 5.41) is 2.58. The number of pyridine rings is 1. The average molecular weight is 460 g/mol. The molecular formula is C22H25N3O6S. The third-order valence-corrected chi connectivity index (χ3v) is 7.77. The number of amides is 1. The summed E-state index contributed by atoms with van der Waals surface area (Å²) in [6.45, 7) is 0.862. The number of hydrogen-bond donors (Lipinski definition) is 2. The van der Waals surface area contributed by atoms with Crippen LogP contribution in [0.4, 0.5) is 5.69 Å². The van der Waals surface area contributed by atoms with Crippen molar-refractivity contribution in [1.82, 2.24) is 9.29 Å². The first-order valence-corrected chi connectivity index (χ1v) is 12.0. The van der Waals surface area contributed by atoms with Gasteiger partial charge in [0.1, 0.15) is 16.2 Å². The summed E-state index contributed by atoms with van der Waals surface area (Å²) in [5.41, 5.74) is 0.307. The van der Waals surface area contributed by atoms with Gasteiger partial charge >= 0.3 is 0 Å². The molecule has 1 aliphatic heterocycles. The molecule has 4 rings (SSSR count). The number of rotatable bonds is 5. The molecule has 0 bridgehead atoms. The zero-order chi connectivity index (χ0) is 22.9. The van der Waals surface area contributed by atoms with Crippen molar-refractivity contribution in [3.05, 3.63) is 51.4 Å². The molecule has 2 heterocycles. The molecule has 2 aromatic rings. The second-order valence-corrected chi connectivity index (χ2v) is 9.87. The van der Waals surface area contributed by atoms with Gasteiger partial charge in [0.2, 0.25) is 10.0 Å². The van der Waals surface area contributed by atoms with Crippen LogP contribution in [0.5, 0.6) is 5.75 Å². The molecule has 1 aromatic carbocycles. The summed E-state index contributed by atoms with van der Waals surface area (Å²) < 4.78 is 33.0. The number of aromatic amines is 1. The molecule has 0 saturated carbocycles. The van der Waals surface area contributed by atoms with Crippen LogP contribution in [0.15, 0.2) is 34.0 Å². The monoisotopic (exact) mass is 459 g/mol. The predicted molar refractivity (Wildman–Crippen MR) is 118 cm³/mol. The van der Waals surface area contributed by atoms with Gasteiger partial charge in [-0.1, -0.05) is 6.42 Å². The van der Waals surface area contributed by atoms with Crippen molar-refractivity contribution in [3.8, 4) is 5.75 Å². The lowest BCUT2D eigenvalue weighted by atomic mass is 9.93. The predicted octanol–water partition coefficient (Wildman–Crippen LogP) is 2.33. The maximum absolute atomic E-state index is 13.2. The first kappa shape index (κ1) is 22.2. The lowest BCUT2D eigenvalue weighted by molar-refractivity contribution is 0.0971. The minimum Gasteiger partial charge on any atom is -0.495 e. The molecule has 10 heteroatoms. The molecule has 1 aromatic heterocycles. The summed E-state index contributed by atoms with van der Waals surface area (Å²) in [4.78, 5) is 40.0. The Morgan fingerprint density at radius 3 is 2.53 bits per heavy atom. The van der Waals surface area contributed by atoms with Crippen LogP contribution in [0.2, 0.25) is 0 Å². The molecule has 0 atom stereocenters. The Hall–Kier alpha value is -2.98. The van der Waals surface area contributed by atoms with E-state index in [1.807, 2.05) is 0 Å². The molecule has 1 aliphatic carbocycles. The summed E-state index contributed by atoms with van der Waals surface area (Å²) in [5.74, 6) is -0.666. The number of piperidine rings is 1. The molecular weight excluding hydrogens is 434 g/mol. The molecule has 1 fully saturated rings. The molecule has 32 heavy (non-hydrogen) atoms. The van der Waals surface area contributed by atoms with Crippen molar-refractivity contribution in [2.45, 2.75) is 43.4 Å². The molecule has 1 amide bonds. The number of Topliss-reactive ketones (excluding diaryl/α,β-unsaturated/α-hetero) is 1. The summed E-state index contributed by atoms with van der Waals surface area (Å²) in [6.07, 6.45) is 4.17. The van der Waals surface area contributed by atoms with Crippen molar-refractivity contribution in [2.24, 2.45) is 0 Å². The fraction of sp³-hybridized carbons (Fsp3) is 0.409. The van der Waals surface area contributed by atoms with Crippen LogP contribution in [-0.4, -0.2) is 49.6 Å². The van der Waals surface area contributed by atoms with E-state index in [0.717, 1.165) is 19.3 Å². The third-order valence-electron chi connectivity index (χ3n) is 5.85. The van der Waals surface area contributed by atoms with E-state index in [4.69, 9.17) is 4.74 Å². The number of hydrogen-bond acceptors (Lipinski definition) is 6. The SMILES string of the molecule is COc1ccc(NC(=O)c2cc3c([nH]c2=O)CCCC3=O)cc1S(=O)(=O)N1CCCCC1. The van der Waals surface area contributed by atoms with Gasteiger partial charge in [-0.25, -0.2) is 8.42 Å². The van der Waals surface area contributed by atoms with Gasteiger partial charge in [0.05, 0.1) is 7.11 Å². The zero-order valence-corrected chi connectivity index (χ0v) is 18.6. The number of carbonyl (C=O) groups excluding carboxylic acids is 2. The molecule has 1 saturated heterocycles. The number of nitrogens with zero attached hydrogens (tertiary/aromatic N) is 1. The summed E-state index contributed by atoms with van der Waals surface area (Å²) in [7, 11) is -2.43. The summed E-state index contributed by atoms with van der Waals surface area (Å²) in [6, 6.07) is 5.62. The third kappa shape index (κ3) is 4.20. The molecule has 0 unspecified atom stereocenters. The average Bonchev–Trinajstić information content (AvgIpc) is 2.79. The Bertz CT molecular complexity index is 1230. The Balaban J connectivity index is 1.65. The fourth-order valence-electron chi connectivity index (χ4n) is 4.14. The number of ether oxygens (including phenoxy) is 1. The Labute approximate surface area is 185 Å². The van der Waals surface area contributed by atoms with E-state index >= 15 is 0 Å². The van der Waals surface area contributed by atoms with Gasteiger partial charge in [-0.05, 0) is 49.9 Å². The van der Waals surface area contributed by atoms with Gasteiger partial charge < -0.3 is 15.0 Å². The van der Waals surface area contributed by atoms with Crippen LogP contribution >= 0.6 is 0 Å². The van der Waals surface area contributed by atoms with Crippen molar-refractivity contribution in [2.75, 3.05) is 25.5 Å². The van der Waals surface area contributed by atoms with Crippen molar-refractivity contribution in [1.29, 1.82) is 0 Å².